The third-order valence-corrected chi connectivity index (χ3v) is 4.25. The summed E-state index contributed by atoms with van der Waals surface area (Å²) in [5.74, 6) is -0.212. The van der Waals surface area contributed by atoms with Gasteiger partial charge < -0.3 is 10.2 Å². The average molecular weight is 306 g/mol. The first-order valence-electron chi connectivity index (χ1n) is 8.48. The van der Waals surface area contributed by atoms with Crippen LogP contribution in [0.1, 0.15) is 44.1 Å². The third kappa shape index (κ3) is 6.14. The van der Waals surface area contributed by atoms with Gasteiger partial charge in [0.25, 0.3) is 0 Å². The summed E-state index contributed by atoms with van der Waals surface area (Å²) in [5, 5.41) is 2.94. The topological polar surface area (TPSA) is 32.3 Å². The number of carbonyl (C=O) groups excluding carboxylic acids is 1. The van der Waals surface area contributed by atoms with Crippen molar-refractivity contribution in [3.8, 4) is 0 Å². The Kier molecular flexibility index (Phi) is 7.37. The Morgan fingerprint density at radius 2 is 1.86 bits per heavy atom. The Morgan fingerprint density at radius 3 is 2.59 bits per heavy atom. The van der Waals surface area contributed by atoms with Gasteiger partial charge >= 0.3 is 0 Å². The lowest BCUT2D eigenvalue weighted by Crippen LogP contribution is -2.30. The van der Waals surface area contributed by atoms with Crippen molar-refractivity contribution in [3.63, 3.8) is 0 Å². The maximum absolute atomic E-state index is 13.4. The molecule has 0 spiro atoms. The minimum Gasteiger partial charge on any atom is -0.356 e. The van der Waals surface area contributed by atoms with Crippen molar-refractivity contribution in [3.05, 3.63) is 35.6 Å². The van der Waals surface area contributed by atoms with E-state index in [-0.39, 0.29) is 11.7 Å². The summed E-state index contributed by atoms with van der Waals surface area (Å²) in [6.07, 6.45) is 7.11. The van der Waals surface area contributed by atoms with Gasteiger partial charge in [-0.2, -0.15) is 0 Å². The van der Waals surface area contributed by atoms with Crippen LogP contribution in [-0.2, 0) is 11.2 Å². The number of nitrogens with zero attached hydrogens (tertiary/aromatic N) is 1. The van der Waals surface area contributed by atoms with E-state index in [0.29, 0.717) is 24.9 Å². The van der Waals surface area contributed by atoms with Crippen molar-refractivity contribution in [2.75, 3.05) is 26.2 Å². The highest BCUT2D eigenvalue weighted by atomic mass is 19.1. The second kappa shape index (κ2) is 9.57. The summed E-state index contributed by atoms with van der Waals surface area (Å²) in [6, 6.07) is 6.65. The zero-order chi connectivity index (χ0) is 15.6. The summed E-state index contributed by atoms with van der Waals surface area (Å²) >= 11 is 0. The van der Waals surface area contributed by atoms with Crippen LogP contribution in [0.25, 0.3) is 0 Å². The van der Waals surface area contributed by atoms with E-state index in [0.717, 1.165) is 13.0 Å². The number of halogens is 1. The van der Waals surface area contributed by atoms with Crippen molar-refractivity contribution in [2.24, 2.45) is 0 Å². The molecule has 22 heavy (non-hydrogen) atoms. The molecule has 0 saturated carbocycles. The molecule has 1 aliphatic rings. The van der Waals surface area contributed by atoms with Crippen LogP contribution in [0.15, 0.2) is 24.3 Å². The zero-order valence-electron chi connectivity index (χ0n) is 13.3. The standard InChI is InChI=1S/C18H27FN2O/c19-17-9-4-3-8-16(17)10-11-18(22)20-12-7-15-21-13-5-1-2-6-14-21/h3-4,8-9H,1-2,5-7,10-15H2,(H,20,22). The van der Waals surface area contributed by atoms with Crippen molar-refractivity contribution >= 4 is 5.91 Å². The first-order chi connectivity index (χ1) is 10.8. The normalized spacial score (nSPS) is 16.2. The molecule has 0 unspecified atom stereocenters. The molecule has 1 N–H and O–H groups in total. The van der Waals surface area contributed by atoms with E-state index in [1.54, 1.807) is 18.2 Å². The van der Waals surface area contributed by atoms with E-state index in [4.69, 9.17) is 0 Å². The predicted molar refractivity (Wildman–Crippen MR) is 87.3 cm³/mol. The number of hydrogen-bond acceptors (Lipinski definition) is 2. The third-order valence-electron chi connectivity index (χ3n) is 4.25. The molecule has 1 aromatic rings. The maximum Gasteiger partial charge on any atom is 0.220 e. The zero-order valence-corrected chi connectivity index (χ0v) is 13.3. The monoisotopic (exact) mass is 306 g/mol. The summed E-state index contributed by atoms with van der Waals surface area (Å²) < 4.78 is 13.4. The summed E-state index contributed by atoms with van der Waals surface area (Å²) in [5.41, 5.74) is 0.613. The first kappa shape index (κ1) is 16.9. The molecule has 1 fully saturated rings. The fraction of sp³-hybridized carbons (Fsp3) is 0.611. The van der Waals surface area contributed by atoms with Gasteiger partial charge in [0.15, 0.2) is 0 Å². The van der Waals surface area contributed by atoms with Crippen LogP contribution in [0, 0.1) is 5.82 Å². The van der Waals surface area contributed by atoms with Gasteiger partial charge in [0.2, 0.25) is 5.91 Å². The van der Waals surface area contributed by atoms with Gasteiger partial charge in [-0.15, -0.1) is 0 Å². The minimum atomic E-state index is -0.225. The first-order valence-corrected chi connectivity index (χ1v) is 8.48. The Morgan fingerprint density at radius 1 is 1.14 bits per heavy atom. The van der Waals surface area contributed by atoms with Crippen LogP contribution in [-0.4, -0.2) is 37.0 Å². The van der Waals surface area contributed by atoms with Gasteiger partial charge in [-0.3, -0.25) is 4.79 Å². The Hall–Kier alpha value is -1.42. The lowest BCUT2D eigenvalue weighted by atomic mass is 10.1. The highest BCUT2D eigenvalue weighted by Gasteiger charge is 2.09. The second-order valence-corrected chi connectivity index (χ2v) is 6.05. The predicted octanol–water partition coefficient (Wildman–Crippen LogP) is 3.14. The average Bonchev–Trinajstić information content (AvgIpc) is 2.79. The van der Waals surface area contributed by atoms with Gasteiger partial charge in [-0.25, -0.2) is 4.39 Å². The lowest BCUT2D eigenvalue weighted by Gasteiger charge is -2.19. The van der Waals surface area contributed by atoms with E-state index in [1.165, 1.54) is 44.8 Å². The van der Waals surface area contributed by atoms with Crippen molar-refractivity contribution in [1.29, 1.82) is 0 Å². The molecule has 1 aliphatic heterocycles. The molecule has 0 bridgehead atoms. The summed E-state index contributed by atoms with van der Waals surface area (Å²) in [7, 11) is 0. The maximum atomic E-state index is 13.4. The summed E-state index contributed by atoms with van der Waals surface area (Å²) in [4.78, 5) is 14.3. The molecular weight excluding hydrogens is 279 g/mol. The summed E-state index contributed by atoms with van der Waals surface area (Å²) in [6.45, 7) is 4.17. The number of aryl methyl sites for hydroxylation is 1. The molecule has 122 valence electrons. The highest BCUT2D eigenvalue weighted by Crippen LogP contribution is 2.10. The van der Waals surface area contributed by atoms with Crippen LogP contribution in [0.5, 0.6) is 0 Å². The molecule has 0 atom stereocenters. The number of carbonyl (C=O) groups is 1. The number of amides is 1. The fourth-order valence-corrected chi connectivity index (χ4v) is 2.93. The molecule has 4 heteroatoms. The quantitative estimate of drug-likeness (QED) is 0.785. The van der Waals surface area contributed by atoms with Gasteiger partial charge in [-0.05, 0) is 56.9 Å². The van der Waals surface area contributed by atoms with Gasteiger partial charge in [0.05, 0.1) is 0 Å². The molecule has 0 radical (unpaired) electrons. The Labute approximate surface area is 132 Å². The minimum absolute atomic E-state index is 0.0131. The largest absolute Gasteiger partial charge is 0.356 e. The SMILES string of the molecule is O=C(CCc1ccccc1F)NCCCN1CCCCCC1. The smallest absolute Gasteiger partial charge is 0.220 e. The molecule has 2 rings (SSSR count). The van der Waals surface area contributed by atoms with E-state index >= 15 is 0 Å². The Bertz CT molecular complexity index is 456. The molecule has 0 aliphatic carbocycles. The molecule has 1 heterocycles. The van der Waals surface area contributed by atoms with E-state index < -0.39 is 0 Å². The molecular formula is C18H27FN2O. The van der Waals surface area contributed by atoms with Crippen LogP contribution in [0.4, 0.5) is 4.39 Å². The molecule has 0 aromatic heterocycles. The number of benzene rings is 1. The fourth-order valence-electron chi connectivity index (χ4n) is 2.93. The number of rotatable bonds is 7. The molecule has 1 aromatic carbocycles. The van der Waals surface area contributed by atoms with Crippen LogP contribution in [0.3, 0.4) is 0 Å². The lowest BCUT2D eigenvalue weighted by molar-refractivity contribution is -0.121. The van der Waals surface area contributed by atoms with Crippen LogP contribution in [0.2, 0.25) is 0 Å². The number of nitrogens with one attached hydrogen (secondary N) is 1. The van der Waals surface area contributed by atoms with Crippen molar-refractivity contribution in [1.82, 2.24) is 10.2 Å². The van der Waals surface area contributed by atoms with E-state index in [1.807, 2.05) is 0 Å². The molecule has 1 amide bonds. The number of likely N-dealkylation sites (tertiary alicyclic amines) is 1. The van der Waals surface area contributed by atoms with E-state index in [2.05, 4.69) is 10.2 Å². The van der Waals surface area contributed by atoms with Crippen molar-refractivity contribution in [2.45, 2.75) is 44.9 Å². The number of hydrogen-bond donors (Lipinski definition) is 1. The molecule has 3 nitrogen and oxygen atoms in total. The van der Waals surface area contributed by atoms with Gasteiger partial charge in [0, 0.05) is 13.0 Å². The van der Waals surface area contributed by atoms with Gasteiger partial charge in [-0.1, -0.05) is 31.0 Å². The van der Waals surface area contributed by atoms with E-state index in [9.17, 15) is 9.18 Å². The second-order valence-electron chi connectivity index (χ2n) is 6.05. The Balaban J connectivity index is 1.57. The highest BCUT2D eigenvalue weighted by molar-refractivity contribution is 5.76. The van der Waals surface area contributed by atoms with Crippen LogP contribution >= 0.6 is 0 Å². The van der Waals surface area contributed by atoms with Gasteiger partial charge in [0.1, 0.15) is 5.82 Å². The molecule has 1 saturated heterocycles. The van der Waals surface area contributed by atoms with Crippen LogP contribution < -0.4 is 5.32 Å². The van der Waals surface area contributed by atoms with Crippen molar-refractivity contribution < 1.29 is 9.18 Å².